The van der Waals surface area contributed by atoms with Gasteiger partial charge in [0.05, 0.1) is 35.5 Å². The fourth-order valence-corrected chi connectivity index (χ4v) is 6.11. The average molecular weight is 625 g/mol. The predicted molar refractivity (Wildman–Crippen MR) is 163 cm³/mol. The number of rotatable bonds is 9. The summed E-state index contributed by atoms with van der Waals surface area (Å²) in [5, 5.41) is 3.35. The van der Waals surface area contributed by atoms with Crippen LogP contribution < -0.4 is 24.2 Å². The van der Waals surface area contributed by atoms with E-state index in [1.165, 1.54) is 26.4 Å². The molecule has 0 radical (unpaired) electrons. The third kappa shape index (κ3) is 6.06. The lowest BCUT2D eigenvalue weighted by Gasteiger charge is -2.17. The van der Waals surface area contributed by atoms with Gasteiger partial charge in [-0.05, 0) is 48.5 Å². The Labute approximate surface area is 252 Å². The van der Waals surface area contributed by atoms with Crippen LogP contribution in [0.3, 0.4) is 0 Å². The first-order valence-electron chi connectivity index (χ1n) is 12.4. The second-order valence-corrected chi connectivity index (χ2v) is 11.2. The van der Waals surface area contributed by atoms with E-state index in [0.717, 1.165) is 0 Å². The lowest BCUT2D eigenvalue weighted by molar-refractivity contribution is 0.102. The first kappa shape index (κ1) is 29.0. The highest BCUT2D eigenvalue weighted by molar-refractivity contribution is 7.93. The van der Waals surface area contributed by atoms with Crippen LogP contribution in [0.25, 0.3) is 10.9 Å². The molecule has 0 saturated heterocycles. The third-order valence-corrected chi connectivity index (χ3v) is 8.35. The maximum absolute atomic E-state index is 13.7. The Balaban J connectivity index is 1.53. The molecule has 0 spiro atoms. The van der Waals surface area contributed by atoms with Gasteiger partial charge in [0.2, 0.25) is 5.88 Å². The van der Waals surface area contributed by atoms with Crippen LogP contribution in [0.2, 0.25) is 10.0 Å². The molecule has 0 bridgehead atoms. The van der Waals surface area contributed by atoms with Gasteiger partial charge in [0.15, 0.2) is 0 Å². The second kappa shape index (κ2) is 12.2. The van der Waals surface area contributed by atoms with Crippen molar-refractivity contribution in [1.82, 2.24) is 4.98 Å². The molecule has 0 fully saturated rings. The molecule has 0 saturated carbocycles. The molecule has 42 heavy (non-hydrogen) atoms. The Morgan fingerprint density at radius 1 is 0.833 bits per heavy atom. The molecular weight excluding hydrogens is 601 g/mol. The van der Waals surface area contributed by atoms with Gasteiger partial charge in [0, 0.05) is 17.1 Å². The van der Waals surface area contributed by atoms with Crippen LogP contribution in [-0.2, 0) is 10.0 Å². The van der Waals surface area contributed by atoms with Crippen molar-refractivity contribution in [2.45, 2.75) is 4.90 Å². The summed E-state index contributed by atoms with van der Waals surface area (Å²) in [6.45, 7) is 0. The van der Waals surface area contributed by atoms with Crippen molar-refractivity contribution in [2.75, 3.05) is 24.3 Å². The summed E-state index contributed by atoms with van der Waals surface area (Å²) in [6.07, 6.45) is 0. The number of pyridine rings is 1. The number of ether oxygens (including phenoxy) is 3. The molecule has 0 atom stereocenters. The number of nitrogens with one attached hydrogen (secondary N) is 2. The number of anilines is 2. The molecule has 0 aliphatic rings. The van der Waals surface area contributed by atoms with E-state index in [4.69, 9.17) is 37.4 Å². The molecule has 1 aromatic heterocycles. The van der Waals surface area contributed by atoms with Gasteiger partial charge in [-0.3, -0.25) is 9.52 Å². The van der Waals surface area contributed by atoms with Crippen molar-refractivity contribution in [2.24, 2.45) is 0 Å². The van der Waals surface area contributed by atoms with Gasteiger partial charge >= 0.3 is 0 Å². The zero-order chi connectivity index (χ0) is 29.9. The topological polar surface area (TPSA) is 116 Å². The summed E-state index contributed by atoms with van der Waals surface area (Å²) in [6, 6.07) is 24.8. The number of nitrogens with zero attached hydrogens (tertiary/aromatic N) is 1. The van der Waals surface area contributed by atoms with Crippen LogP contribution in [-0.4, -0.2) is 33.5 Å². The molecule has 1 amide bonds. The number of aromatic nitrogens is 1. The van der Waals surface area contributed by atoms with Crippen molar-refractivity contribution >= 4 is 61.4 Å². The number of methoxy groups -OCH3 is 2. The first-order chi connectivity index (χ1) is 20.2. The number of para-hydroxylation sites is 2. The minimum atomic E-state index is -4.22. The third-order valence-electron chi connectivity index (χ3n) is 6.10. The summed E-state index contributed by atoms with van der Waals surface area (Å²) in [5.74, 6) is 0.0865. The molecule has 0 unspecified atom stereocenters. The first-order valence-corrected chi connectivity index (χ1v) is 14.6. The maximum Gasteiger partial charge on any atom is 0.267 e. The number of hydrogen-bond acceptors (Lipinski definition) is 7. The van der Waals surface area contributed by atoms with Gasteiger partial charge in [0.25, 0.3) is 15.9 Å². The molecule has 4 aromatic carbocycles. The van der Waals surface area contributed by atoms with Gasteiger partial charge in [-0.2, -0.15) is 0 Å². The molecule has 0 aliphatic carbocycles. The zero-order valence-electron chi connectivity index (χ0n) is 22.2. The van der Waals surface area contributed by atoms with E-state index in [-0.39, 0.29) is 43.6 Å². The van der Waals surface area contributed by atoms with E-state index in [2.05, 4.69) is 15.0 Å². The minimum absolute atomic E-state index is 0.00743. The van der Waals surface area contributed by atoms with Crippen LogP contribution in [0.15, 0.2) is 95.9 Å². The number of carbonyl (C=O) groups is 1. The highest BCUT2D eigenvalue weighted by Gasteiger charge is 2.27. The van der Waals surface area contributed by atoms with E-state index >= 15 is 0 Å². The van der Waals surface area contributed by atoms with E-state index < -0.39 is 15.9 Å². The number of hydrogen-bond donors (Lipinski definition) is 2. The maximum atomic E-state index is 13.7. The van der Waals surface area contributed by atoms with E-state index in [1.54, 1.807) is 66.7 Å². The lowest BCUT2D eigenvalue weighted by Crippen LogP contribution is -2.17. The molecule has 214 valence electrons. The van der Waals surface area contributed by atoms with Crippen LogP contribution in [0.5, 0.6) is 23.1 Å². The second-order valence-electron chi connectivity index (χ2n) is 8.82. The number of carbonyl (C=O) groups excluding carboxylic acids is 1. The van der Waals surface area contributed by atoms with Gasteiger partial charge in [0.1, 0.15) is 27.7 Å². The van der Waals surface area contributed by atoms with Crippen LogP contribution in [0.4, 0.5) is 11.4 Å². The van der Waals surface area contributed by atoms with Crippen molar-refractivity contribution in [3.05, 3.63) is 107 Å². The fraction of sp³-hybridized carbons (Fsp3) is 0.0667. The van der Waals surface area contributed by atoms with Gasteiger partial charge < -0.3 is 19.5 Å². The van der Waals surface area contributed by atoms with E-state index in [9.17, 15) is 13.2 Å². The molecular formula is C30H23Cl2N3O6S. The van der Waals surface area contributed by atoms with Crippen molar-refractivity contribution in [3.8, 4) is 23.1 Å². The summed E-state index contributed by atoms with van der Waals surface area (Å²) >= 11 is 13.0. The van der Waals surface area contributed by atoms with Gasteiger partial charge in [-0.15, -0.1) is 0 Å². The average Bonchev–Trinajstić information content (AvgIpc) is 2.98. The Kier molecular flexibility index (Phi) is 8.39. The van der Waals surface area contributed by atoms with Crippen LogP contribution in [0.1, 0.15) is 10.4 Å². The Hall–Kier alpha value is -4.51. The van der Waals surface area contributed by atoms with Crippen molar-refractivity contribution in [1.29, 1.82) is 0 Å². The smallest absolute Gasteiger partial charge is 0.267 e. The molecule has 12 heteroatoms. The lowest BCUT2D eigenvalue weighted by atomic mass is 10.1. The van der Waals surface area contributed by atoms with Gasteiger partial charge in [-0.1, -0.05) is 59.6 Å². The largest absolute Gasteiger partial charge is 0.497 e. The molecule has 9 nitrogen and oxygen atoms in total. The molecule has 5 aromatic rings. The van der Waals surface area contributed by atoms with Crippen molar-refractivity contribution < 1.29 is 27.4 Å². The predicted octanol–water partition coefficient (Wildman–Crippen LogP) is 7.40. The highest BCUT2D eigenvalue weighted by atomic mass is 35.5. The van der Waals surface area contributed by atoms with Crippen LogP contribution >= 0.6 is 23.2 Å². The number of fused-ring (bicyclic) bond motifs is 1. The Morgan fingerprint density at radius 3 is 2.26 bits per heavy atom. The monoisotopic (exact) mass is 623 g/mol. The standard InChI is InChI=1S/C30H23Cl2N3O6S/c1-39-20-12-14-25(22(31)17-20)41-30-21(16-18-8-6-7-11-23(18)34-30)29(36)33-24-13-15-26(40-2)28(27(24)32)42(37,38)35-19-9-4-3-5-10-19/h3-17,35H,1-2H3,(H,33,36). The molecule has 0 aliphatic heterocycles. The van der Waals surface area contributed by atoms with Gasteiger partial charge in [-0.25, -0.2) is 13.4 Å². The summed E-state index contributed by atoms with van der Waals surface area (Å²) in [5.41, 5.74) is 0.986. The molecule has 5 rings (SSSR count). The molecule has 2 N–H and O–H groups in total. The summed E-state index contributed by atoms with van der Waals surface area (Å²) in [7, 11) is -1.39. The Bertz CT molecular complexity index is 1900. The van der Waals surface area contributed by atoms with E-state index in [1.807, 2.05) is 12.1 Å². The number of benzene rings is 4. The highest BCUT2D eigenvalue weighted by Crippen LogP contribution is 2.39. The van der Waals surface area contributed by atoms with Crippen molar-refractivity contribution in [3.63, 3.8) is 0 Å². The minimum Gasteiger partial charge on any atom is -0.497 e. The molecule has 1 heterocycles. The zero-order valence-corrected chi connectivity index (χ0v) is 24.5. The quantitative estimate of drug-likeness (QED) is 0.176. The number of sulfonamides is 1. The number of halogens is 2. The van der Waals surface area contributed by atoms with E-state index in [0.29, 0.717) is 22.3 Å². The summed E-state index contributed by atoms with van der Waals surface area (Å²) < 4.78 is 45.7. The Morgan fingerprint density at radius 2 is 1.55 bits per heavy atom. The summed E-state index contributed by atoms with van der Waals surface area (Å²) in [4.78, 5) is 17.9. The normalized spacial score (nSPS) is 11.1. The van der Waals surface area contributed by atoms with Crippen LogP contribution in [0, 0.1) is 0 Å². The number of amides is 1. The SMILES string of the molecule is COc1ccc(Oc2nc3ccccc3cc2C(=O)Nc2ccc(OC)c(S(=O)(=O)Nc3ccccc3)c2Cl)c(Cl)c1. The fourth-order valence-electron chi connectivity index (χ4n) is 4.08.